The Bertz CT molecular complexity index is 863. The summed E-state index contributed by atoms with van der Waals surface area (Å²) in [7, 11) is -3.45. The smallest absolute Gasteiger partial charge is 0.238 e. The quantitative estimate of drug-likeness (QED) is 0.584. The van der Waals surface area contributed by atoms with E-state index < -0.39 is 10.0 Å². The van der Waals surface area contributed by atoms with Crippen molar-refractivity contribution < 1.29 is 13.2 Å². The predicted molar refractivity (Wildman–Crippen MR) is 116 cm³/mol. The molecule has 2 rings (SSSR count). The van der Waals surface area contributed by atoms with Crippen molar-refractivity contribution in [2.75, 3.05) is 19.3 Å². The van der Waals surface area contributed by atoms with E-state index in [9.17, 15) is 13.2 Å². The summed E-state index contributed by atoms with van der Waals surface area (Å²) < 4.78 is 25.7. The van der Waals surface area contributed by atoms with E-state index in [1.54, 1.807) is 16.2 Å². The molecule has 0 aliphatic carbocycles. The molecule has 1 atom stereocenters. The van der Waals surface area contributed by atoms with E-state index in [0.29, 0.717) is 19.6 Å². The van der Waals surface area contributed by atoms with Crippen LogP contribution >= 0.6 is 11.3 Å². The van der Waals surface area contributed by atoms with Gasteiger partial charge in [0.05, 0.1) is 19.3 Å². The summed E-state index contributed by atoms with van der Waals surface area (Å²) in [5.74, 6) is 0.0219. The van der Waals surface area contributed by atoms with E-state index in [1.165, 1.54) is 15.4 Å². The van der Waals surface area contributed by atoms with Gasteiger partial charge in [-0.15, -0.1) is 11.3 Å². The van der Waals surface area contributed by atoms with Crippen LogP contribution in [0.5, 0.6) is 0 Å². The molecule has 1 amide bonds. The maximum Gasteiger partial charge on any atom is 0.238 e. The van der Waals surface area contributed by atoms with E-state index in [-0.39, 0.29) is 18.4 Å². The minimum absolute atomic E-state index is 0.125. The van der Waals surface area contributed by atoms with Gasteiger partial charge in [-0.25, -0.2) is 8.42 Å². The van der Waals surface area contributed by atoms with Crippen LogP contribution < -0.4 is 0 Å². The zero-order valence-electron chi connectivity index (χ0n) is 17.1. The molecule has 0 aliphatic rings. The second-order valence-corrected chi connectivity index (χ2v) is 10.7. The van der Waals surface area contributed by atoms with Gasteiger partial charge in [0, 0.05) is 22.8 Å². The monoisotopic (exact) mass is 422 g/mol. The lowest BCUT2D eigenvalue weighted by atomic mass is 10.1. The van der Waals surface area contributed by atoms with Gasteiger partial charge in [0.2, 0.25) is 15.9 Å². The molecule has 0 fully saturated rings. The summed E-state index contributed by atoms with van der Waals surface area (Å²) in [5, 5.41) is 0. The van der Waals surface area contributed by atoms with Gasteiger partial charge in [-0.05, 0) is 30.5 Å². The van der Waals surface area contributed by atoms with Crippen molar-refractivity contribution in [3.8, 4) is 0 Å². The number of nitrogens with zero attached hydrogens (tertiary/aromatic N) is 2. The molecule has 0 saturated carbocycles. The number of thiophene rings is 1. The zero-order chi connectivity index (χ0) is 20.7. The summed E-state index contributed by atoms with van der Waals surface area (Å²) >= 11 is 1.66. The van der Waals surface area contributed by atoms with Gasteiger partial charge >= 0.3 is 0 Å². The molecule has 1 aromatic carbocycles. The maximum atomic E-state index is 13.1. The highest BCUT2D eigenvalue weighted by atomic mass is 32.2. The van der Waals surface area contributed by atoms with Crippen LogP contribution in [0.2, 0.25) is 0 Å². The largest absolute Gasteiger partial charge is 0.332 e. The fourth-order valence-electron chi connectivity index (χ4n) is 2.84. The lowest BCUT2D eigenvalue weighted by Gasteiger charge is -2.27. The Hall–Kier alpha value is -1.70. The molecule has 0 spiro atoms. The van der Waals surface area contributed by atoms with Crippen LogP contribution in [-0.4, -0.2) is 42.9 Å². The molecule has 28 heavy (non-hydrogen) atoms. The molecular weight excluding hydrogens is 392 g/mol. The SMILES string of the molecule is CC[C@@H](C)CN(CC(=O)N(Cc1ccccc1)Cc1ccc(C)s1)S(C)(=O)=O. The number of sulfonamides is 1. The second-order valence-electron chi connectivity index (χ2n) is 7.32. The minimum Gasteiger partial charge on any atom is -0.332 e. The van der Waals surface area contributed by atoms with Crippen LogP contribution in [0.4, 0.5) is 0 Å². The average molecular weight is 423 g/mol. The summed E-state index contributed by atoms with van der Waals surface area (Å²) in [5.41, 5.74) is 1.02. The Morgan fingerprint density at radius 2 is 1.79 bits per heavy atom. The number of aryl methyl sites for hydroxylation is 1. The Balaban J connectivity index is 2.20. The predicted octanol–water partition coefficient (Wildman–Crippen LogP) is 3.89. The molecular formula is C21H30N2O3S2. The van der Waals surface area contributed by atoms with Crippen molar-refractivity contribution in [2.24, 2.45) is 5.92 Å². The van der Waals surface area contributed by atoms with Crippen LogP contribution in [0.3, 0.4) is 0 Å². The fraction of sp³-hybridized carbons (Fsp3) is 0.476. The minimum atomic E-state index is -3.45. The first kappa shape index (κ1) is 22.6. The van der Waals surface area contributed by atoms with Gasteiger partial charge in [0.25, 0.3) is 0 Å². The molecule has 1 heterocycles. The normalized spacial score (nSPS) is 12.9. The van der Waals surface area contributed by atoms with Gasteiger partial charge in [-0.1, -0.05) is 50.6 Å². The van der Waals surface area contributed by atoms with Crippen LogP contribution in [0, 0.1) is 12.8 Å². The number of benzene rings is 1. The first-order chi connectivity index (χ1) is 13.2. The third-order valence-corrected chi connectivity index (χ3v) is 6.91. The molecule has 5 nitrogen and oxygen atoms in total. The molecule has 0 aliphatic heterocycles. The van der Waals surface area contributed by atoms with Crippen molar-refractivity contribution in [3.05, 3.63) is 57.8 Å². The number of carbonyl (C=O) groups is 1. The van der Waals surface area contributed by atoms with E-state index >= 15 is 0 Å². The fourth-order valence-corrected chi connectivity index (χ4v) is 4.62. The number of hydrogen-bond donors (Lipinski definition) is 0. The highest BCUT2D eigenvalue weighted by Crippen LogP contribution is 2.19. The molecule has 0 radical (unpaired) electrons. The number of rotatable bonds is 10. The average Bonchev–Trinajstić information content (AvgIpc) is 3.05. The zero-order valence-corrected chi connectivity index (χ0v) is 18.7. The molecule has 154 valence electrons. The Morgan fingerprint density at radius 1 is 1.11 bits per heavy atom. The number of carbonyl (C=O) groups excluding carboxylic acids is 1. The van der Waals surface area contributed by atoms with E-state index in [0.717, 1.165) is 16.9 Å². The lowest BCUT2D eigenvalue weighted by Crippen LogP contribution is -2.43. The summed E-state index contributed by atoms with van der Waals surface area (Å²) in [4.78, 5) is 17.1. The molecule has 7 heteroatoms. The van der Waals surface area contributed by atoms with Crippen molar-refractivity contribution in [2.45, 2.75) is 40.3 Å². The topological polar surface area (TPSA) is 57.7 Å². The summed E-state index contributed by atoms with van der Waals surface area (Å²) in [6.07, 6.45) is 2.04. The molecule has 0 unspecified atom stereocenters. The standard InChI is InChI=1S/C21H30N2O3S2/c1-5-17(2)13-23(28(4,25)26)16-21(24)22(14-19-9-7-6-8-10-19)15-20-12-11-18(3)27-20/h6-12,17H,5,13-16H2,1-4H3/t17-/m1/s1. The van der Waals surface area contributed by atoms with Crippen molar-refractivity contribution >= 4 is 27.3 Å². The molecule has 0 bridgehead atoms. The van der Waals surface area contributed by atoms with Crippen LogP contribution in [-0.2, 0) is 27.9 Å². The number of hydrogen-bond acceptors (Lipinski definition) is 4. The van der Waals surface area contributed by atoms with E-state index in [2.05, 4.69) is 0 Å². The van der Waals surface area contributed by atoms with Crippen molar-refractivity contribution in [3.63, 3.8) is 0 Å². The van der Waals surface area contributed by atoms with Gasteiger partial charge in [0.15, 0.2) is 0 Å². The van der Waals surface area contributed by atoms with E-state index in [1.807, 2.05) is 63.2 Å². The molecule has 0 saturated heterocycles. The van der Waals surface area contributed by atoms with Crippen LogP contribution in [0.25, 0.3) is 0 Å². The summed E-state index contributed by atoms with van der Waals surface area (Å²) in [6.45, 7) is 7.23. The number of amides is 1. The first-order valence-corrected chi connectivity index (χ1v) is 12.2. The highest BCUT2D eigenvalue weighted by molar-refractivity contribution is 7.88. The summed E-state index contributed by atoms with van der Waals surface area (Å²) in [6, 6.07) is 13.9. The van der Waals surface area contributed by atoms with E-state index in [4.69, 9.17) is 0 Å². The first-order valence-electron chi connectivity index (χ1n) is 9.51. The Morgan fingerprint density at radius 3 is 2.32 bits per heavy atom. The Labute approximate surface area is 173 Å². The maximum absolute atomic E-state index is 13.1. The van der Waals surface area contributed by atoms with Gasteiger partial charge in [-0.2, -0.15) is 4.31 Å². The van der Waals surface area contributed by atoms with Crippen LogP contribution in [0.15, 0.2) is 42.5 Å². The van der Waals surface area contributed by atoms with Gasteiger partial charge in [-0.3, -0.25) is 4.79 Å². The van der Waals surface area contributed by atoms with Crippen LogP contribution in [0.1, 0.15) is 35.6 Å². The Kier molecular flexibility index (Phi) is 8.22. The lowest BCUT2D eigenvalue weighted by molar-refractivity contribution is -0.132. The molecule has 0 N–H and O–H groups in total. The second kappa shape index (κ2) is 10.2. The third kappa shape index (κ3) is 7.04. The highest BCUT2D eigenvalue weighted by Gasteiger charge is 2.25. The molecule has 1 aromatic heterocycles. The third-order valence-electron chi connectivity index (χ3n) is 4.70. The van der Waals surface area contributed by atoms with Gasteiger partial charge < -0.3 is 4.90 Å². The van der Waals surface area contributed by atoms with Crippen molar-refractivity contribution in [1.29, 1.82) is 0 Å². The van der Waals surface area contributed by atoms with Gasteiger partial charge in [0.1, 0.15) is 0 Å². The molecule has 2 aromatic rings. The van der Waals surface area contributed by atoms with Crippen molar-refractivity contribution in [1.82, 2.24) is 9.21 Å².